The van der Waals surface area contributed by atoms with E-state index in [4.69, 9.17) is 0 Å². The third-order valence-corrected chi connectivity index (χ3v) is 7.72. The molecule has 1 aromatic rings. The summed E-state index contributed by atoms with van der Waals surface area (Å²) in [5, 5.41) is 4.63. The summed E-state index contributed by atoms with van der Waals surface area (Å²) in [5.41, 5.74) is 3.11. The van der Waals surface area contributed by atoms with E-state index in [1.165, 1.54) is 6.42 Å². The number of carbonyl (C=O) groups excluding carboxylic acids is 1. The van der Waals surface area contributed by atoms with Crippen LogP contribution in [0.3, 0.4) is 0 Å². The molecule has 0 aromatic carbocycles. The van der Waals surface area contributed by atoms with Gasteiger partial charge in [0.05, 0.1) is 35.9 Å². The normalized spacial score (nSPS) is 26.3. The number of quaternary nitrogens is 1. The molecule has 2 saturated heterocycles. The molecule has 7 nitrogen and oxygen atoms in total. The molecule has 1 N–H and O–H groups in total. The number of rotatable bonds is 5. The maximum Gasteiger partial charge on any atom is 0.277 e. The average molecular weight is 398 g/mol. The average Bonchev–Trinajstić information content (AvgIpc) is 3.08. The first kappa shape index (κ1) is 20.3. The molecule has 0 aliphatic carbocycles. The number of nitrogens with zero attached hydrogens (tertiary/aromatic N) is 3. The maximum absolute atomic E-state index is 12.6. The summed E-state index contributed by atoms with van der Waals surface area (Å²) in [6, 6.07) is -0.0563. The standard InChI is InChI=1S/C19H32N4O3S/c1-14-6-5-8-22(10-14)19(24)12-21(4)11-18-15(2)20-23(16(18)3)17-7-9-27(25,26)13-17/h14,17H,5-13H2,1-4H3/p+1/t14-,17-/m0/s1. The summed E-state index contributed by atoms with van der Waals surface area (Å²) in [6.07, 6.45) is 2.94. The van der Waals surface area contributed by atoms with Crippen molar-refractivity contribution in [2.45, 2.75) is 52.6 Å². The van der Waals surface area contributed by atoms with Crippen molar-refractivity contribution >= 4 is 15.7 Å². The molecule has 1 unspecified atom stereocenters. The van der Waals surface area contributed by atoms with E-state index in [2.05, 4.69) is 12.0 Å². The fraction of sp³-hybridized carbons (Fsp3) is 0.789. The molecule has 1 amide bonds. The zero-order chi connectivity index (χ0) is 19.8. The van der Waals surface area contributed by atoms with Crippen molar-refractivity contribution in [1.29, 1.82) is 0 Å². The Morgan fingerprint density at radius 3 is 2.67 bits per heavy atom. The van der Waals surface area contributed by atoms with Crippen LogP contribution in [0.4, 0.5) is 0 Å². The van der Waals surface area contributed by atoms with Crippen molar-refractivity contribution in [2.75, 3.05) is 38.2 Å². The number of piperidine rings is 1. The van der Waals surface area contributed by atoms with Gasteiger partial charge in [-0.15, -0.1) is 0 Å². The quantitative estimate of drug-likeness (QED) is 0.766. The van der Waals surface area contributed by atoms with Crippen molar-refractivity contribution < 1.29 is 18.1 Å². The van der Waals surface area contributed by atoms with Crippen molar-refractivity contribution in [3.05, 3.63) is 17.0 Å². The van der Waals surface area contributed by atoms with Crippen LogP contribution in [-0.4, -0.2) is 67.2 Å². The van der Waals surface area contributed by atoms with Crippen molar-refractivity contribution in [3.63, 3.8) is 0 Å². The van der Waals surface area contributed by atoms with E-state index in [1.54, 1.807) is 0 Å². The lowest BCUT2D eigenvalue weighted by Gasteiger charge is -2.31. The number of amides is 1. The summed E-state index contributed by atoms with van der Waals surface area (Å²) in [6.45, 7) is 9.16. The van der Waals surface area contributed by atoms with Crippen LogP contribution in [0.15, 0.2) is 0 Å². The minimum Gasteiger partial charge on any atom is -0.338 e. The van der Waals surface area contributed by atoms with Gasteiger partial charge in [0.25, 0.3) is 5.91 Å². The molecule has 0 spiro atoms. The number of nitrogens with one attached hydrogen (secondary N) is 1. The van der Waals surface area contributed by atoms with Gasteiger partial charge in [0.1, 0.15) is 6.54 Å². The Balaban J connectivity index is 1.64. The van der Waals surface area contributed by atoms with Gasteiger partial charge in [-0.3, -0.25) is 9.48 Å². The highest BCUT2D eigenvalue weighted by Crippen LogP contribution is 2.26. The van der Waals surface area contributed by atoms with Crippen LogP contribution in [0.2, 0.25) is 0 Å². The Morgan fingerprint density at radius 1 is 1.30 bits per heavy atom. The SMILES string of the molecule is Cc1nn([C@H]2CCS(=O)(=O)C2)c(C)c1C[NH+](C)CC(=O)N1CCC[C@H](C)C1. The minimum absolute atomic E-state index is 0.0563. The smallest absolute Gasteiger partial charge is 0.277 e. The lowest BCUT2D eigenvalue weighted by Crippen LogP contribution is -3.09. The monoisotopic (exact) mass is 397 g/mol. The van der Waals surface area contributed by atoms with Crippen LogP contribution in [0.5, 0.6) is 0 Å². The Bertz CT molecular complexity index is 802. The molecule has 0 bridgehead atoms. The molecule has 152 valence electrons. The highest BCUT2D eigenvalue weighted by Gasteiger charge is 2.32. The van der Waals surface area contributed by atoms with Crippen molar-refractivity contribution in [3.8, 4) is 0 Å². The topological polar surface area (TPSA) is 76.7 Å². The van der Waals surface area contributed by atoms with Gasteiger partial charge in [-0.1, -0.05) is 6.92 Å². The second-order valence-corrected chi connectivity index (χ2v) is 10.8. The summed E-state index contributed by atoms with van der Waals surface area (Å²) < 4.78 is 25.5. The zero-order valence-electron chi connectivity index (χ0n) is 17.0. The van der Waals surface area contributed by atoms with Crippen LogP contribution >= 0.6 is 0 Å². The predicted octanol–water partition coefficient (Wildman–Crippen LogP) is 0.133. The molecular formula is C19H33N4O3S+. The first-order chi connectivity index (χ1) is 12.7. The van der Waals surface area contributed by atoms with Crippen LogP contribution in [0.25, 0.3) is 0 Å². The second-order valence-electron chi connectivity index (χ2n) is 8.55. The Labute approximate surface area is 162 Å². The van der Waals surface area contributed by atoms with E-state index in [9.17, 15) is 13.2 Å². The Kier molecular flexibility index (Phi) is 5.96. The van der Waals surface area contributed by atoms with E-state index >= 15 is 0 Å². The van der Waals surface area contributed by atoms with Crippen molar-refractivity contribution in [2.24, 2.45) is 5.92 Å². The highest BCUT2D eigenvalue weighted by atomic mass is 32.2. The minimum atomic E-state index is -2.94. The van der Waals surface area contributed by atoms with Gasteiger partial charge >= 0.3 is 0 Å². The first-order valence-corrected chi connectivity index (χ1v) is 11.8. The summed E-state index contributed by atoms with van der Waals surface area (Å²) in [5.74, 6) is 1.25. The van der Waals surface area contributed by atoms with Crippen LogP contribution in [-0.2, 0) is 21.2 Å². The fourth-order valence-electron chi connectivity index (χ4n) is 4.43. The van der Waals surface area contributed by atoms with Crippen LogP contribution in [0.1, 0.15) is 49.2 Å². The number of likely N-dealkylation sites (N-methyl/N-ethyl adjacent to an activating group) is 1. The lowest BCUT2D eigenvalue weighted by molar-refractivity contribution is -0.885. The molecule has 8 heteroatoms. The summed E-state index contributed by atoms with van der Waals surface area (Å²) in [7, 11) is -0.893. The Morgan fingerprint density at radius 2 is 2.04 bits per heavy atom. The molecule has 3 atom stereocenters. The first-order valence-electron chi connectivity index (χ1n) is 10.0. The maximum atomic E-state index is 12.6. The highest BCUT2D eigenvalue weighted by molar-refractivity contribution is 7.91. The molecule has 27 heavy (non-hydrogen) atoms. The molecule has 2 fully saturated rings. The zero-order valence-corrected chi connectivity index (χ0v) is 17.8. The van der Waals surface area contributed by atoms with Crippen molar-refractivity contribution in [1.82, 2.24) is 14.7 Å². The molecule has 0 radical (unpaired) electrons. The number of aryl methyl sites for hydroxylation is 1. The largest absolute Gasteiger partial charge is 0.338 e. The van der Waals surface area contributed by atoms with Gasteiger partial charge in [0.2, 0.25) is 0 Å². The molecule has 2 aliphatic heterocycles. The number of aromatic nitrogens is 2. The second kappa shape index (κ2) is 7.91. The molecule has 3 rings (SSSR count). The van der Waals surface area contributed by atoms with E-state index < -0.39 is 9.84 Å². The van der Waals surface area contributed by atoms with E-state index in [1.807, 2.05) is 30.5 Å². The number of hydrogen-bond acceptors (Lipinski definition) is 4. The van der Waals surface area contributed by atoms with Gasteiger partial charge < -0.3 is 9.80 Å². The number of sulfone groups is 1. The van der Waals surface area contributed by atoms with Gasteiger partial charge in [-0.25, -0.2) is 8.42 Å². The van der Waals surface area contributed by atoms with E-state index in [0.29, 0.717) is 18.9 Å². The third kappa shape index (κ3) is 4.71. The lowest BCUT2D eigenvalue weighted by atomic mass is 10.0. The number of hydrogen-bond donors (Lipinski definition) is 1. The number of likely N-dealkylation sites (tertiary alicyclic amines) is 1. The summed E-state index contributed by atoms with van der Waals surface area (Å²) >= 11 is 0. The molecule has 3 heterocycles. The fourth-order valence-corrected chi connectivity index (χ4v) is 6.12. The molecule has 0 saturated carbocycles. The van der Waals surface area contributed by atoms with Gasteiger partial charge in [-0.2, -0.15) is 5.10 Å². The number of carbonyl (C=O) groups is 1. The van der Waals surface area contributed by atoms with E-state index in [-0.39, 0.29) is 23.5 Å². The van der Waals surface area contributed by atoms with Gasteiger partial charge in [0.15, 0.2) is 16.4 Å². The van der Waals surface area contributed by atoms with E-state index in [0.717, 1.165) is 47.9 Å². The van der Waals surface area contributed by atoms with Gasteiger partial charge in [0, 0.05) is 18.8 Å². The van der Waals surface area contributed by atoms with Crippen LogP contribution < -0.4 is 4.90 Å². The third-order valence-electron chi connectivity index (χ3n) is 5.97. The molecule has 1 aromatic heterocycles. The van der Waals surface area contributed by atoms with Crippen LogP contribution in [0, 0.1) is 19.8 Å². The van der Waals surface area contributed by atoms with Gasteiger partial charge in [-0.05, 0) is 39.0 Å². The Hall–Kier alpha value is -1.41. The molecular weight excluding hydrogens is 364 g/mol. The molecule has 2 aliphatic rings. The summed E-state index contributed by atoms with van der Waals surface area (Å²) in [4.78, 5) is 15.8. The predicted molar refractivity (Wildman–Crippen MR) is 104 cm³/mol.